The van der Waals surface area contributed by atoms with Crippen LogP contribution in [-0.2, 0) is 29.1 Å². The molecule has 3 heterocycles. The molecule has 0 radical (unpaired) electrons. The Labute approximate surface area is 186 Å². The molecule has 0 amide bonds. The molecule has 4 rings (SSSR count). The highest BCUT2D eigenvalue weighted by atomic mass is 16.3. The molecule has 1 aromatic rings. The Bertz CT molecular complexity index is 659. The van der Waals surface area contributed by atoms with Crippen LogP contribution < -0.4 is 0 Å². The summed E-state index contributed by atoms with van der Waals surface area (Å²) in [7, 11) is 0. The molecule has 0 aromatic carbocycles. The first-order valence-corrected chi connectivity index (χ1v) is 11.7. The van der Waals surface area contributed by atoms with Crippen molar-refractivity contribution in [3.63, 3.8) is 0 Å². The summed E-state index contributed by atoms with van der Waals surface area (Å²) in [5, 5.41) is 18.9. The third-order valence-corrected chi connectivity index (χ3v) is 6.56. The zero-order valence-corrected chi connectivity index (χ0v) is 19.2. The predicted octanol–water partition coefficient (Wildman–Crippen LogP) is 3.40. The Kier molecular flexibility index (Phi) is 11.0. The van der Waals surface area contributed by atoms with E-state index in [1.807, 2.05) is 0 Å². The van der Waals surface area contributed by atoms with Crippen molar-refractivity contribution < 1.29 is 19.8 Å². The Morgan fingerprint density at radius 1 is 0.968 bits per heavy atom. The van der Waals surface area contributed by atoms with E-state index < -0.39 is 0 Å². The molecule has 2 N–H and O–H groups in total. The SMILES string of the molecule is CC(C)n1nc(CN2CCCC2)c2c1CN(CC1CCCCC1)CC2.O=CO.O=CO. The summed E-state index contributed by atoms with van der Waals surface area (Å²) >= 11 is 0. The van der Waals surface area contributed by atoms with Crippen LogP contribution in [0, 0.1) is 5.92 Å². The van der Waals surface area contributed by atoms with Gasteiger partial charge in [0.15, 0.2) is 0 Å². The van der Waals surface area contributed by atoms with Crippen molar-refractivity contribution in [2.24, 2.45) is 5.92 Å². The highest BCUT2D eigenvalue weighted by Gasteiger charge is 2.28. The van der Waals surface area contributed by atoms with Gasteiger partial charge in [-0.2, -0.15) is 5.10 Å². The summed E-state index contributed by atoms with van der Waals surface area (Å²) in [6.45, 7) is 11.3. The van der Waals surface area contributed by atoms with Gasteiger partial charge in [-0.15, -0.1) is 0 Å². The maximum Gasteiger partial charge on any atom is 0.290 e. The van der Waals surface area contributed by atoms with Crippen LogP contribution >= 0.6 is 0 Å². The predicted molar refractivity (Wildman–Crippen MR) is 120 cm³/mol. The Hall–Kier alpha value is -1.93. The van der Waals surface area contributed by atoms with Gasteiger partial charge >= 0.3 is 0 Å². The molecule has 1 aromatic heterocycles. The number of likely N-dealkylation sites (tertiary alicyclic amines) is 1. The molecule has 0 atom stereocenters. The molecule has 0 spiro atoms. The van der Waals surface area contributed by atoms with Crippen LogP contribution in [0.15, 0.2) is 0 Å². The van der Waals surface area contributed by atoms with Gasteiger partial charge in [-0.05, 0) is 65.0 Å². The van der Waals surface area contributed by atoms with Crippen molar-refractivity contribution in [2.75, 3.05) is 26.2 Å². The number of nitrogens with zero attached hydrogens (tertiary/aromatic N) is 4. The number of hydrogen-bond donors (Lipinski definition) is 2. The van der Waals surface area contributed by atoms with E-state index in [1.165, 1.54) is 88.9 Å². The number of rotatable bonds is 5. The molecule has 8 nitrogen and oxygen atoms in total. The Morgan fingerprint density at radius 2 is 1.58 bits per heavy atom. The lowest BCUT2D eigenvalue weighted by molar-refractivity contribution is -0.123. The molecular weight excluding hydrogens is 396 g/mol. The molecular formula is C23H40N4O4. The largest absolute Gasteiger partial charge is 0.483 e. The summed E-state index contributed by atoms with van der Waals surface area (Å²) in [5.74, 6) is 0.940. The summed E-state index contributed by atoms with van der Waals surface area (Å²) in [4.78, 5) is 22.0. The van der Waals surface area contributed by atoms with E-state index in [0.717, 1.165) is 19.0 Å². The van der Waals surface area contributed by atoms with Crippen LogP contribution in [0.5, 0.6) is 0 Å². The third kappa shape index (κ3) is 7.61. The quantitative estimate of drug-likeness (QED) is 0.683. The number of carboxylic acid groups (broad SMARTS) is 2. The van der Waals surface area contributed by atoms with Gasteiger partial charge in [0, 0.05) is 37.8 Å². The summed E-state index contributed by atoms with van der Waals surface area (Å²) in [6, 6.07) is 0.468. The monoisotopic (exact) mass is 436 g/mol. The van der Waals surface area contributed by atoms with Gasteiger partial charge in [-0.25, -0.2) is 0 Å². The van der Waals surface area contributed by atoms with Gasteiger partial charge in [0.2, 0.25) is 0 Å². The van der Waals surface area contributed by atoms with E-state index in [4.69, 9.17) is 24.9 Å². The zero-order chi connectivity index (χ0) is 22.6. The van der Waals surface area contributed by atoms with Crippen LogP contribution in [0.25, 0.3) is 0 Å². The first kappa shape index (κ1) is 25.3. The fourth-order valence-corrected chi connectivity index (χ4v) is 5.17. The van der Waals surface area contributed by atoms with Crippen molar-refractivity contribution in [2.45, 2.75) is 84.3 Å². The van der Waals surface area contributed by atoms with Gasteiger partial charge in [-0.3, -0.25) is 24.1 Å². The second-order valence-electron chi connectivity index (χ2n) is 9.09. The average molecular weight is 437 g/mol. The number of hydrogen-bond acceptors (Lipinski definition) is 5. The van der Waals surface area contributed by atoms with Crippen molar-refractivity contribution >= 4 is 12.9 Å². The molecule has 0 unspecified atom stereocenters. The number of carbonyl (C=O) groups is 2. The van der Waals surface area contributed by atoms with Crippen LogP contribution in [0.4, 0.5) is 0 Å². The summed E-state index contributed by atoms with van der Waals surface area (Å²) in [6.07, 6.45) is 11.2. The minimum absolute atomic E-state index is 0.250. The van der Waals surface area contributed by atoms with Gasteiger partial charge in [0.1, 0.15) is 0 Å². The van der Waals surface area contributed by atoms with E-state index in [0.29, 0.717) is 6.04 Å². The molecule has 2 aliphatic heterocycles. The minimum atomic E-state index is -0.250. The van der Waals surface area contributed by atoms with Crippen molar-refractivity contribution in [3.8, 4) is 0 Å². The zero-order valence-electron chi connectivity index (χ0n) is 19.2. The molecule has 0 bridgehead atoms. The molecule has 8 heteroatoms. The number of fused-ring (bicyclic) bond motifs is 1. The first-order valence-electron chi connectivity index (χ1n) is 11.7. The van der Waals surface area contributed by atoms with E-state index in [2.05, 4.69) is 28.3 Å². The fraction of sp³-hybridized carbons (Fsp3) is 0.783. The molecule has 176 valence electrons. The van der Waals surface area contributed by atoms with Gasteiger partial charge in [-0.1, -0.05) is 19.3 Å². The highest BCUT2D eigenvalue weighted by Crippen LogP contribution is 2.30. The standard InChI is InChI=1S/C21H36N4.2CH2O2/c1-17(2)25-21-16-24(14-18-8-4-3-5-9-18)13-10-19(21)20(22-25)15-23-11-6-7-12-23;2*2-1-3/h17-18H,3-16H2,1-2H3;2*1H,(H,2,3). The van der Waals surface area contributed by atoms with Crippen LogP contribution in [-0.4, -0.2) is 68.9 Å². The molecule has 1 saturated carbocycles. The van der Waals surface area contributed by atoms with E-state index >= 15 is 0 Å². The number of aromatic nitrogens is 2. The molecule has 2 fully saturated rings. The fourth-order valence-electron chi connectivity index (χ4n) is 5.17. The first-order chi connectivity index (χ1) is 15.0. The van der Waals surface area contributed by atoms with Gasteiger partial charge < -0.3 is 10.2 Å². The van der Waals surface area contributed by atoms with Gasteiger partial charge in [0.25, 0.3) is 12.9 Å². The maximum atomic E-state index is 8.36. The lowest BCUT2D eigenvalue weighted by atomic mass is 9.88. The van der Waals surface area contributed by atoms with Crippen molar-refractivity contribution in [1.29, 1.82) is 0 Å². The second-order valence-corrected chi connectivity index (χ2v) is 9.09. The molecule has 3 aliphatic rings. The summed E-state index contributed by atoms with van der Waals surface area (Å²) in [5.41, 5.74) is 4.48. The highest BCUT2D eigenvalue weighted by molar-refractivity contribution is 5.33. The topological polar surface area (TPSA) is 98.9 Å². The third-order valence-electron chi connectivity index (χ3n) is 6.56. The minimum Gasteiger partial charge on any atom is -0.483 e. The van der Waals surface area contributed by atoms with Crippen LogP contribution in [0.3, 0.4) is 0 Å². The lowest BCUT2D eigenvalue weighted by Crippen LogP contribution is -2.36. The molecule has 1 saturated heterocycles. The second kappa shape index (κ2) is 13.5. The molecule has 1 aliphatic carbocycles. The normalized spacial score (nSPS) is 19.7. The van der Waals surface area contributed by atoms with E-state index in [1.54, 1.807) is 5.56 Å². The summed E-state index contributed by atoms with van der Waals surface area (Å²) < 4.78 is 2.34. The van der Waals surface area contributed by atoms with Gasteiger partial charge in [0.05, 0.1) is 11.4 Å². The maximum absolute atomic E-state index is 8.36. The smallest absolute Gasteiger partial charge is 0.290 e. The Balaban J connectivity index is 0.000000513. The Morgan fingerprint density at radius 3 is 2.16 bits per heavy atom. The lowest BCUT2D eigenvalue weighted by Gasteiger charge is -2.33. The average Bonchev–Trinajstić information content (AvgIpc) is 3.38. The van der Waals surface area contributed by atoms with Crippen LogP contribution in [0.1, 0.15) is 81.8 Å². The van der Waals surface area contributed by atoms with Crippen LogP contribution in [0.2, 0.25) is 0 Å². The van der Waals surface area contributed by atoms with E-state index in [9.17, 15) is 0 Å². The van der Waals surface area contributed by atoms with E-state index in [-0.39, 0.29) is 12.9 Å². The van der Waals surface area contributed by atoms with Crippen molar-refractivity contribution in [3.05, 3.63) is 17.0 Å². The van der Waals surface area contributed by atoms with Crippen molar-refractivity contribution in [1.82, 2.24) is 19.6 Å². The molecule has 31 heavy (non-hydrogen) atoms.